The second kappa shape index (κ2) is 5.12. The lowest BCUT2D eigenvalue weighted by atomic mass is 10.1. The van der Waals surface area contributed by atoms with E-state index < -0.39 is 5.97 Å². The first-order chi connectivity index (χ1) is 9.63. The lowest BCUT2D eigenvalue weighted by Crippen LogP contribution is -2.32. The van der Waals surface area contributed by atoms with E-state index in [1.807, 2.05) is 36.1 Å². The van der Waals surface area contributed by atoms with Gasteiger partial charge < -0.3 is 10.0 Å². The first-order valence-corrected chi connectivity index (χ1v) is 6.96. The topological polar surface area (TPSA) is 53.4 Å². The number of hydrogen-bond acceptors (Lipinski definition) is 3. The molecule has 1 saturated carbocycles. The van der Waals surface area contributed by atoms with Crippen LogP contribution in [-0.2, 0) is 4.79 Å². The van der Waals surface area contributed by atoms with E-state index in [-0.39, 0.29) is 6.54 Å². The highest BCUT2D eigenvalue weighted by Gasteiger charge is 2.26. The van der Waals surface area contributed by atoms with Crippen molar-refractivity contribution in [2.45, 2.75) is 19.8 Å². The third-order valence-electron chi connectivity index (χ3n) is 3.69. The molecule has 0 bridgehead atoms. The summed E-state index contributed by atoms with van der Waals surface area (Å²) in [4.78, 5) is 17.7. The third kappa shape index (κ3) is 2.74. The Morgan fingerprint density at radius 3 is 2.85 bits per heavy atom. The van der Waals surface area contributed by atoms with Crippen molar-refractivity contribution in [3.05, 3.63) is 35.9 Å². The Balaban J connectivity index is 1.99. The molecule has 1 aromatic heterocycles. The number of nitrogens with zero attached hydrogens (tertiary/aromatic N) is 2. The zero-order valence-electron chi connectivity index (χ0n) is 11.5. The summed E-state index contributed by atoms with van der Waals surface area (Å²) in [6.07, 6.45) is 2.39. The second-order valence-electron chi connectivity index (χ2n) is 5.54. The highest BCUT2D eigenvalue weighted by molar-refractivity contribution is 5.82. The molecule has 1 aliphatic rings. The van der Waals surface area contributed by atoms with Crippen LogP contribution < -0.4 is 4.90 Å². The number of para-hydroxylation sites is 1. The highest BCUT2D eigenvalue weighted by Crippen LogP contribution is 2.32. The summed E-state index contributed by atoms with van der Waals surface area (Å²) >= 11 is 0. The summed E-state index contributed by atoms with van der Waals surface area (Å²) < 4.78 is 0. The minimum Gasteiger partial charge on any atom is -0.480 e. The molecule has 1 N–H and O–H groups in total. The largest absolute Gasteiger partial charge is 0.480 e. The molecule has 1 aromatic carbocycles. The van der Waals surface area contributed by atoms with Gasteiger partial charge in [0.15, 0.2) is 0 Å². The first-order valence-electron chi connectivity index (χ1n) is 6.96. The first kappa shape index (κ1) is 12.9. The van der Waals surface area contributed by atoms with Crippen LogP contribution in [0.2, 0.25) is 0 Å². The Morgan fingerprint density at radius 2 is 2.15 bits per heavy atom. The number of carboxylic acids is 1. The number of fused-ring (bicyclic) bond motifs is 1. The predicted octanol–water partition coefficient (Wildman–Crippen LogP) is 2.84. The van der Waals surface area contributed by atoms with Gasteiger partial charge in [-0.05, 0) is 43.4 Å². The summed E-state index contributed by atoms with van der Waals surface area (Å²) in [5.41, 5.74) is 1.95. The van der Waals surface area contributed by atoms with Gasteiger partial charge in [0.1, 0.15) is 12.4 Å². The van der Waals surface area contributed by atoms with E-state index >= 15 is 0 Å². The smallest absolute Gasteiger partial charge is 0.323 e. The van der Waals surface area contributed by atoms with Crippen molar-refractivity contribution in [3.8, 4) is 0 Å². The van der Waals surface area contributed by atoms with Crippen molar-refractivity contribution in [2.24, 2.45) is 5.92 Å². The van der Waals surface area contributed by atoms with Crippen LogP contribution >= 0.6 is 0 Å². The standard InChI is InChI=1S/C16H18N2O2/c1-11-8-13-4-2-3-5-14(13)17-16(11)18(10-15(19)20)9-12-6-7-12/h2-5,8,12H,6-7,9-10H2,1H3,(H,19,20). The number of benzene rings is 1. The molecule has 4 heteroatoms. The van der Waals surface area contributed by atoms with Crippen LogP contribution in [0.1, 0.15) is 18.4 Å². The molecule has 0 saturated heterocycles. The summed E-state index contributed by atoms with van der Waals surface area (Å²) in [5.74, 6) is 0.625. The molecular weight excluding hydrogens is 252 g/mol. The van der Waals surface area contributed by atoms with Gasteiger partial charge in [-0.2, -0.15) is 0 Å². The van der Waals surface area contributed by atoms with Gasteiger partial charge in [-0.25, -0.2) is 4.98 Å². The molecule has 2 aromatic rings. The second-order valence-corrected chi connectivity index (χ2v) is 5.54. The lowest BCUT2D eigenvalue weighted by molar-refractivity contribution is -0.135. The summed E-state index contributed by atoms with van der Waals surface area (Å²) in [5, 5.41) is 10.2. The maximum Gasteiger partial charge on any atom is 0.323 e. The fourth-order valence-corrected chi connectivity index (χ4v) is 2.53. The predicted molar refractivity (Wildman–Crippen MR) is 79.1 cm³/mol. The summed E-state index contributed by atoms with van der Waals surface area (Å²) in [7, 11) is 0. The highest BCUT2D eigenvalue weighted by atomic mass is 16.4. The minimum absolute atomic E-state index is 0.0165. The number of carboxylic acid groups (broad SMARTS) is 1. The number of hydrogen-bond donors (Lipinski definition) is 1. The van der Waals surface area contributed by atoms with Gasteiger partial charge in [0.25, 0.3) is 0 Å². The monoisotopic (exact) mass is 270 g/mol. The molecular formula is C16H18N2O2. The number of rotatable bonds is 5. The SMILES string of the molecule is Cc1cc2ccccc2nc1N(CC(=O)O)CC1CC1. The van der Waals surface area contributed by atoms with E-state index in [4.69, 9.17) is 5.11 Å². The number of carbonyl (C=O) groups is 1. The molecule has 0 spiro atoms. The number of aryl methyl sites for hydroxylation is 1. The Morgan fingerprint density at radius 1 is 1.40 bits per heavy atom. The van der Waals surface area contributed by atoms with E-state index in [1.165, 1.54) is 12.8 Å². The van der Waals surface area contributed by atoms with Crippen LogP contribution in [0, 0.1) is 12.8 Å². The molecule has 0 aliphatic heterocycles. The van der Waals surface area contributed by atoms with Crippen molar-refractivity contribution < 1.29 is 9.90 Å². The van der Waals surface area contributed by atoms with Gasteiger partial charge in [-0.3, -0.25) is 4.79 Å². The van der Waals surface area contributed by atoms with Gasteiger partial charge in [0, 0.05) is 11.9 Å². The van der Waals surface area contributed by atoms with Crippen LogP contribution in [0.5, 0.6) is 0 Å². The maximum absolute atomic E-state index is 11.1. The molecule has 0 radical (unpaired) electrons. The third-order valence-corrected chi connectivity index (χ3v) is 3.69. The zero-order valence-corrected chi connectivity index (χ0v) is 11.5. The zero-order chi connectivity index (χ0) is 14.1. The Bertz CT molecular complexity index is 650. The van der Waals surface area contributed by atoms with Crippen molar-refractivity contribution in [1.29, 1.82) is 0 Å². The lowest BCUT2D eigenvalue weighted by Gasteiger charge is -2.23. The Kier molecular flexibility index (Phi) is 3.30. The van der Waals surface area contributed by atoms with Crippen molar-refractivity contribution in [2.75, 3.05) is 18.0 Å². The van der Waals surface area contributed by atoms with E-state index in [1.54, 1.807) is 0 Å². The average Bonchev–Trinajstić information content (AvgIpc) is 3.20. The van der Waals surface area contributed by atoms with Crippen LogP contribution in [-0.4, -0.2) is 29.1 Å². The van der Waals surface area contributed by atoms with Gasteiger partial charge in [-0.1, -0.05) is 18.2 Å². The summed E-state index contributed by atoms with van der Waals surface area (Å²) in [6.45, 7) is 2.80. The molecule has 0 unspecified atom stereocenters. The minimum atomic E-state index is -0.806. The summed E-state index contributed by atoms with van der Waals surface area (Å²) in [6, 6.07) is 10.0. The van der Waals surface area contributed by atoms with Crippen LogP contribution in [0.4, 0.5) is 5.82 Å². The quantitative estimate of drug-likeness (QED) is 0.907. The fraction of sp³-hybridized carbons (Fsp3) is 0.375. The van der Waals surface area contributed by atoms with E-state index in [0.717, 1.165) is 28.8 Å². The molecule has 1 aliphatic carbocycles. The molecule has 1 heterocycles. The maximum atomic E-state index is 11.1. The number of anilines is 1. The molecule has 104 valence electrons. The molecule has 3 rings (SSSR count). The van der Waals surface area contributed by atoms with Gasteiger partial charge in [0.2, 0.25) is 0 Å². The van der Waals surface area contributed by atoms with E-state index in [2.05, 4.69) is 11.1 Å². The van der Waals surface area contributed by atoms with Crippen molar-refractivity contribution in [3.63, 3.8) is 0 Å². The van der Waals surface area contributed by atoms with Crippen LogP contribution in [0.25, 0.3) is 10.9 Å². The molecule has 1 fully saturated rings. The van der Waals surface area contributed by atoms with Gasteiger partial charge in [0.05, 0.1) is 5.52 Å². The number of aromatic nitrogens is 1. The van der Waals surface area contributed by atoms with Gasteiger partial charge >= 0.3 is 5.97 Å². The number of pyridine rings is 1. The normalized spacial score (nSPS) is 14.4. The molecule has 4 nitrogen and oxygen atoms in total. The van der Waals surface area contributed by atoms with Crippen molar-refractivity contribution >= 4 is 22.7 Å². The molecule has 0 atom stereocenters. The number of aliphatic carboxylic acids is 1. The average molecular weight is 270 g/mol. The fourth-order valence-electron chi connectivity index (χ4n) is 2.53. The van der Waals surface area contributed by atoms with Gasteiger partial charge in [-0.15, -0.1) is 0 Å². The van der Waals surface area contributed by atoms with E-state index in [0.29, 0.717) is 5.92 Å². The molecule has 0 amide bonds. The molecule has 20 heavy (non-hydrogen) atoms. The van der Waals surface area contributed by atoms with E-state index in [9.17, 15) is 4.79 Å². The van der Waals surface area contributed by atoms with Crippen molar-refractivity contribution in [1.82, 2.24) is 4.98 Å². The Hall–Kier alpha value is -2.10. The van der Waals surface area contributed by atoms with Crippen LogP contribution in [0.3, 0.4) is 0 Å². The Labute approximate surface area is 118 Å². The van der Waals surface area contributed by atoms with Crippen LogP contribution in [0.15, 0.2) is 30.3 Å².